The fraction of sp³-hybridized carbons (Fsp3) is 0.0714. The zero-order chi connectivity index (χ0) is 14.2. The van der Waals surface area contributed by atoms with E-state index in [1.807, 2.05) is 22.9 Å². The maximum Gasteiger partial charge on any atom is 0.256 e. The number of thiophene rings is 1. The number of hydrogen-bond donors (Lipinski definition) is 2. The van der Waals surface area contributed by atoms with E-state index in [2.05, 4.69) is 20.6 Å². The number of fused-ring (bicyclic) bond motifs is 1. The summed E-state index contributed by atoms with van der Waals surface area (Å²) >= 11 is 3.22. The van der Waals surface area contributed by atoms with E-state index in [0.717, 1.165) is 15.6 Å². The molecule has 1 aliphatic heterocycles. The van der Waals surface area contributed by atoms with Crippen LogP contribution in [0.4, 0.5) is 5.82 Å². The maximum atomic E-state index is 12.1. The van der Waals surface area contributed by atoms with Gasteiger partial charge >= 0.3 is 0 Å². The van der Waals surface area contributed by atoms with Gasteiger partial charge in [-0.3, -0.25) is 4.79 Å². The second-order valence-electron chi connectivity index (χ2n) is 4.51. The van der Waals surface area contributed by atoms with Crippen LogP contribution in [-0.2, 0) is 0 Å². The molecule has 0 aromatic carbocycles. The summed E-state index contributed by atoms with van der Waals surface area (Å²) in [6, 6.07) is 7.54. The number of carbonyl (C=O) groups excluding carboxylic acids is 1. The molecule has 21 heavy (non-hydrogen) atoms. The molecule has 104 valence electrons. The second-order valence-corrected chi connectivity index (χ2v) is 6.31. The van der Waals surface area contributed by atoms with Gasteiger partial charge in [0.1, 0.15) is 17.0 Å². The first-order valence-electron chi connectivity index (χ1n) is 6.33. The van der Waals surface area contributed by atoms with E-state index in [9.17, 15) is 4.79 Å². The van der Waals surface area contributed by atoms with Gasteiger partial charge in [0.2, 0.25) is 0 Å². The zero-order valence-corrected chi connectivity index (χ0v) is 12.4. The Morgan fingerprint density at radius 1 is 1.14 bits per heavy atom. The number of nitrogens with one attached hydrogen (secondary N) is 2. The van der Waals surface area contributed by atoms with Gasteiger partial charge in [-0.1, -0.05) is 6.07 Å². The first-order chi connectivity index (χ1) is 10.3. The number of hydrogen-bond acceptors (Lipinski definition) is 6. The minimum Gasteiger partial charge on any atom is -0.344 e. The van der Waals surface area contributed by atoms with Crippen LogP contribution in [0.1, 0.15) is 22.2 Å². The predicted molar refractivity (Wildman–Crippen MR) is 83.5 cm³/mol. The molecule has 0 fully saturated rings. The van der Waals surface area contributed by atoms with Crippen LogP contribution in [-0.4, -0.2) is 15.9 Å². The highest BCUT2D eigenvalue weighted by Gasteiger charge is 2.26. The first kappa shape index (κ1) is 12.5. The molecule has 2 N–H and O–H groups in total. The molecule has 3 aromatic rings. The van der Waals surface area contributed by atoms with E-state index in [0.29, 0.717) is 11.4 Å². The predicted octanol–water partition coefficient (Wildman–Crippen LogP) is 3.12. The number of nitrogens with zero attached hydrogens (tertiary/aromatic N) is 2. The molecule has 3 aromatic heterocycles. The number of anilines is 1. The Morgan fingerprint density at radius 2 is 2.10 bits per heavy atom. The van der Waals surface area contributed by atoms with E-state index in [1.165, 1.54) is 0 Å². The summed E-state index contributed by atoms with van der Waals surface area (Å²) in [5.74, 6) is 0.462. The molecule has 1 atom stereocenters. The molecular weight excluding hydrogens is 304 g/mol. The van der Waals surface area contributed by atoms with Crippen molar-refractivity contribution in [3.63, 3.8) is 0 Å². The van der Waals surface area contributed by atoms with Crippen LogP contribution in [0.25, 0.3) is 9.88 Å². The molecule has 0 saturated carbocycles. The van der Waals surface area contributed by atoms with Gasteiger partial charge in [0, 0.05) is 11.6 Å². The summed E-state index contributed by atoms with van der Waals surface area (Å²) < 4.78 is 0. The third kappa shape index (κ3) is 2.20. The lowest BCUT2D eigenvalue weighted by atomic mass is 10.2. The molecule has 0 radical (unpaired) electrons. The summed E-state index contributed by atoms with van der Waals surface area (Å²) in [5, 5.41) is 11.1. The zero-order valence-electron chi connectivity index (χ0n) is 10.7. The number of thiazole rings is 1. The Kier molecular flexibility index (Phi) is 2.94. The lowest BCUT2D eigenvalue weighted by Gasteiger charge is -2.25. The average Bonchev–Trinajstić information content (AvgIpc) is 3.18. The van der Waals surface area contributed by atoms with E-state index < -0.39 is 0 Å². The monoisotopic (exact) mass is 314 g/mol. The summed E-state index contributed by atoms with van der Waals surface area (Å²) in [4.78, 5) is 22.0. The van der Waals surface area contributed by atoms with Gasteiger partial charge in [0.05, 0.1) is 16.1 Å². The average molecular weight is 314 g/mol. The van der Waals surface area contributed by atoms with Gasteiger partial charge < -0.3 is 10.6 Å². The molecule has 1 aliphatic rings. The third-order valence-electron chi connectivity index (χ3n) is 3.16. The first-order valence-corrected chi connectivity index (χ1v) is 8.09. The highest BCUT2D eigenvalue weighted by Crippen LogP contribution is 2.31. The van der Waals surface area contributed by atoms with Crippen molar-refractivity contribution in [3.05, 3.63) is 52.5 Å². The van der Waals surface area contributed by atoms with E-state index >= 15 is 0 Å². The quantitative estimate of drug-likeness (QED) is 0.762. The van der Waals surface area contributed by atoms with Crippen LogP contribution in [0.3, 0.4) is 0 Å². The largest absolute Gasteiger partial charge is 0.344 e. The lowest BCUT2D eigenvalue weighted by molar-refractivity contribution is 0.0934. The summed E-state index contributed by atoms with van der Waals surface area (Å²) in [7, 11) is 0. The second kappa shape index (κ2) is 4.94. The summed E-state index contributed by atoms with van der Waals surface area (Å²) in [5.41, 5.74) is 1.36. The van der Waals surface area contributed by atoms with Crippen molar-refractivity contribution in [1.29, 1.82) is 0 Å². The van der Waals surface area contributed by atoms with Crippen molar-refractivity contribution in [1.82, 2.24) is 15.3 Å². The van der Waals surface area contributed by atoms with Gasteiger partial charge in [-0.15, -0.1) is 22.7 Å². The fourth-order valence-corrected chi connectivity index (χ4v) is 3.82. The molecule has 0 saturated heterocycles. The maximum absolute atomic E-state index is 12.1. The van der Waals surface area contributed by atoms with Crippen molar-refractivity contribution in [2.75, 3.05) is 5.32 Å². The van der Waals surface area contributed by atoms with Crippen LogP contribution in [0.2, 0.25) is 0 Å². The van der Waals surface area contributed by atoms with Gasteiger partial charge in [-0.2, -0.15) is 0 Å². The van der Waals surface area contributed by atoms with Crippen LogP contribution < -0.4 is 10.6 Å². The van der Waals surface area contributed by atoms with Gasteiger partial charge in [-0.05, 0) is 23.6 Å². The molecule has 0 unspecified atom stereocenters. The number of carbonyl (C=O) groups is 1. The molecule has 5 nitrogen and oxygen atoms in total. The smallest absolute Gasteiger partial charge is 0.256 e. The molecule has 1 amide bonds. The third-order valence-corrected chi connectivity index (χ3v) is 5.06. The number of aromatic nitrogens is 2. The van der Waals surface area contributed by atoms with Crippen LogP contribution in [0.15, 0.2) is 41.2 Å². The fourth-order valence-electron chi connectivity index (χ4n) is 2.17. The minimum absolute atomic E-state index is 0.132. The summed E-state index contributed by atoms with van der Waals surface area (Å²) in [6.45, 7) is 0. The van der Waals surface area contributed by atoms with E-state index in [1.54, 1.807) is 41.0 Å². The molecule has 7 heteroatoms. The van der Waals surface area contributed by atoms with Crippen molar-refractivity contribution < 1.29 is 4.79 Å². The van der Waals surface area contributed by atoms with Crippen LogP contribution in [0, 0.1) is 0 Å². The number of pyridine rings is 1. The van der Waals surface area contributed by atoms with E-state index in [4.69, 9.17) is 0 Å². The number of amides is 1. The van der Waals surface area contributed by atoms with Gasteiger partial charge in [0.25, 0.3) is 5.91 Å². The Morgan fingerprint density at radius 3 is 2.95 bits per heavy atom. The molecule has 4 heterocycles. The Bertz CT molecular complexity index is 797. The Hall–Kier alpha value is -2.25. The van der Waals surface area contributed by atoms with Gasteiger partial charge in [-0.25, -0.2) is 9.97 Å². The lowest BCUT2D eigenvalue weighted by Crippen LogP contribution is -2.39. The Labute approximate surface area is 128 Å². The van der Waals surface area contributed by atoms with Crippen LogP contribution in [0.5, 0.6) is 0 Å². The number of rotatable bonds is 2. The van der Waals surface area contributed by atoms with Crippen molar-refractivity contribution in [2.24, 2.45) is 0 Å². The normalized spacial score (nSPS) is 17.0. The molecule has 0 bridgehead atoms. The molecular formula is C14H10N4OS2. The van der Waals surface area contributed by atoms with E-state index in [-0.39, 0.29) is 12.1 Å². The Balaban J connectivity index is 1.65. The topological polar surface area (TPSA) is 66.9 Å². The summed E-state index contributed by atoms with van der Waals surface area (Å²) in [6.07, 6.45) is 1.32. The van der Waals surface area contributed by atoms with Crippen molar-refractivity contribution in [2.45, 2.75) is 6.17 Å². The SMILES string of the molecule is O=C1N[C@H](c2csc(-c3cccs3)n2)Nc2ncccc21. The van der Waals surface area contributed by atoms with Gasteiger partial charge in [0.15, 0.2) is 0 Å². The highest BCUT2D eigenvalue weighted by atomic mass is 32.1. The molecule has 4 rings (SSSR count). The van der Waals surface area contributed by atoms with Crippen molar-refractivity contribution >= 4 is 34.4 Å². The minimum atomic E-state index is -0.343. The molecule has 0 spiro atoms. The molecule has 0 aliphatic carbocycles. The van der Waals surface area contributed by atoms with Crippen LogP contribution >= 0.6 is 22.7 Å². The van der Waals surface area contributed by atoms with Crippen molar-refractivity contribution in [3.8, 4) is 9.88 Å². The highest BCUT2D eigenvalue weighted by molar-refractivity contribution is 7.20. The standard InChI is InChI=1S/C14H10N4OS2/c19-13-8-3-1-5-15-11(8)17-12(18-13)9-7-21-14(16-9)10-4-2-6-20-10/h1-7,12H,(H,15,17)(H,18,19)/t12-/m1/s1.